The van der Waals surface area contributed by atoms with Crippen LogP contribution in [-0.4, -0.2) is 47.9 Å². The van der Waals surface area contributed by atoms with Crippen LogP contribution < -0.4 is 5.32 Å². The first-order valence-electron chi connectivity index (χ1n) is 7.48. The zero-order valence-corrected chi connectivity index (χ0v) is 13.6. The lowest BCUT2D eigenvalue weighted by Crippen LogP contribution is -2.76. The van der Waals surface area contributed by atoms with Gasteiger partial charge in [-0.05, 0) is 20.3 Å². The van der Waals surface area contributed by atoms with Gasteiger partial charge in [0.15, 0.2) is 0 Å². The van der Waals surface area contributed by atoms with Crippen LogP contribution in [0.2, 0.25) is 0 Å². The van der Waals surface area contributed by atoms with Crippen LogP contribution in [0.5, 0.6) is 0 Å². The second kappa shape index (κ2) is 6.75. The molecule has 0 aliphatic heterocycles. The second-order valence-electron chi connectivity index (χ2n) is 6.16. The summed E-state index contributed by atoms with van der Waals surface area (Å²) in [7, 11) is 0. The van der Waals surface area contributed by atoms with Gasteiger partial charge in [0.25, 0.3) is 0 Å². The Morgan fingerprint density at radius 1 is 1.38 bits per heavy atom. The number of carbonyl (C=O) groups excluding carboxylic acids is 1. The average molecular weight is 301 g/mol. The van der Waals surface area contributed by atoms with Crippen LogP contribution in [0.3, 0.4) is 0 Å². The number of aliphatic carboxylic acids is 1. The van der Waals surface area contributed by atoms with Gasteiger partial charge < -0.3 is 19.9 Å². The summed E-state index contributed by atoms with van der Waals surface area (Å²) in [6.45, 7) is 9.72. The summed E-state index contributed by atoms with van der Waals surface area (Å²) >= 11 is 0. The first-order valence-corrected chi connectivity index (χ1v) is 7.48. The molecule has 0 saturated heterocycles. The quantitative estimate of drug-likeness (QED) is 0.711. The first-order chi connectivity index (χ1) is 9.71. The van der Waals surface area contributed by atoms with Gasteiger partial charge in [-0.15, -0.1) is 0 Å². The van der Waals surface area contributed by atoms with Crippen LogP contribution in [0, 0.1) is 5.41 Å². The minimum atomic E-state index is -1.29. The lowest BCUT2D eigenvalue weighted by molar-refractivity contribution is -0.195. The minimum absolute atomic E-state index is 0.0258. The fraction of sp³-hybridized carbons (Fsp3) is 0.867. The van der Waals surface area contributed by atoms with E-state index in [1.165, 1.54) is 0 Å². The summed E-state index contributed by atoms with van der Waals surface area (Å²) in [6.07, 6.45) is 0.879. The summed E-state index contributed by atoms with van der Waals surface area (Å²) in [5.74, 6) is -1.43. The maximum Gasteiger partial charge on any atom is 0.330 e. The van der Waals surface area contributed by atoms with Crippen LogP contribution in [0.15, 0.2) is 0 Å². The molecular weight excluding hydrogens is 274 g/mol. The molecule has 3 unspecified atom stereocenters. The van der Waals surface area contributed by atoms with E-state index in [1.807, 2.05) is 20.8 Å². The molecule has 6 nitrogen and oxygen atoms in total. The Morgan fingerprint density at radius 3 is 2.43 bits per heavy atom. The number of carboxylic acids is 1. The molecule has 0 spiro atoms. The predicted molar refractivity (Wildman–Crippen MR) is 78.0 cm³/mol. The number of hydrogen-bond donors (Lipinski definition) is 2. The van der Waals surface area contributed by atoms with E-state index < -0.39 is 22.8 Å². The number of ether oxygens (including phenoxy) is 2. The van der Waals surface area contributed by atoms with Crippen LogP contribution >= 0.6 is 0 Å². The van der Waals surface area contributed by atoms with Gasteiger partial charge in [0.05, 0.1) is 12.2 Å². The first kappa shape index (κ1) is 17.9. The molecule has 0 radical (unpaired) electrons. The van der Waals surface area contributed by atoms with Gasteiger partial charge in [0.2, 0.25) is 5.91 Å². The molecule has 1 amide bonds. The predicted octanol–water partition coefficient (Wildman–Crippen LogP) is 1.58. The molecule has 6 heteroatoms. The van der Waals surface area contributed by atoms with E-state index in [-0.39, 0.29) is 25.2 Å². The van der Waals surface area contributed by atoms with Crippen molar-refractivity contribution in [2.24, 2.45) is 5.41 Å². The van der Waals surface area contributed by atoms with Crippen molar-refractivity contribution in [1.82, 2.24) is 5.32 Å². The van der Waals surface area contributed by atoms with Crippen molar-refractivity contribution in [3.8, 4) is 0 Å². The van der Waals surface area contributed by atoms with Crippen molar-refractivity contribution >= 4 is 11.9 Å². The molecule has 0 aromatic rings. The van der Waals surface area contributed by atoms with E-state index in [9.17, 15) is 14.7 Å². The number of amides is 1. The number of nitrogens with one attached hydrogen (secondary N) is 1. The van der Waals surface area contributed by atoms with Crippen molar-refractivity contribution < 1.29 is 24.2 Å². The van der Waals surface area contributed by atoms with Gasteiger partial charge in [0.1, 0.15) is 12.1 Å². The minimum Gasteiger partial charge on any atom is -0.479 e. The lowest BCUT2D eigenvalue weighted by atomic mass is 9.54. The topological polar surface area (TPSA) is 84.9 Å². The fourth-order valence-corrected chi connectivity index (χ4v) is 2.65. The highest BCUT2D eigenvalue weighted by Gasteiger charge is 2.66. The maximum absolute atomic E-state index is 12.0. The van der Waals surface area contributed by atoms with Crippen LogP contribution in [-0.2, 0) is 19.1 Å². The number of rotatable bonds is 8. The van der Waals surface area contributed by atoms with Crippen molar-refractivity contribution in [2.45, 2.75) is 65.2 Å². The number of carbonyl (C=O) groups is 2. The highest BCUT2D eigenvalue weighted by Crippen LogP contribution is 2.51. The molecular formula is C15H27NO5. The molecule has 2 N–H and O–H groups in total. The van der Waals surface area contributed by atoms with Crippen LogP contribution in [0.1, 0.15) is 47.5 Å². The Hall–Kier alpha value is -1.14. The highest BCUT2D eigenvalue weighted by molar-refractivity contribution is 5.89. The fourth-order valence-electron chi connectivity index (χ4n) is 2.65. The molecule has 122 valence electrons. The molecule has 0 aromatic carbocycles. The monoisotopic (exact) mass is 301 g/mol. The molecule has 0 aromatic heterocycles. The van der Waals surface area contributed by atoms with E-state index in [4.69, 9.17) is 9.47 Å². The van der Waals surface area contributed by atoms with Crippen molar-refractivity contribution in [1.29, 1.82) is 0 Å². The molecule has 3 atom stereocenters. The Kier molecular flexibility index (Phi) is 5.75. The molecule has 1 aliphatic carbocycles. The summed E-state index contributed by atoms with van der Waals surface area (Å²) in [5.41, 5.74) is -1.95. The molecule has 1 aliphatic rings. The molecule has 1 rings (SSSR count). The molecule has 1 fully saturated rings. The Bertz CT molecular complexity index is 396. The van der Waals surface area contributed by atoms with E-state index in [0.717, 1.165) is 6.42 Å². The van der Waals surface area contributed by atoms with E-state index in [2.05, 4.69) is 5.32 Å². The third kappa shape index (κ3) is 3.37. The Morgan fingerprint density at radius 2 is 2.00 bits per heavy atom. The third-order valence-corrected chi connectivity index (χ3v) is 4.56. The van der Waals surface area contributed by atoms with Crippen molar-refractivity contribution in [3.05, 3.63) is 0 Å². The second-order valence-corrected chi connectivity index (χ2v) is 6.16. The van der Waals surface area contributed by atoms with Crippen molar-refractivity contribution in [3.63, 3.8) is 0 Å². The van der Waals surface area contributed by atoms with Gasteiger partial charge in [-0.2, -0.15) is 0 Å². The standard InChI is InChI=1S/C15H27NO5/c1-6-10(3)21-9-12(17)16-15(13(18)19)8-11(20-7-2)14(15,4)5/h10-11H,6-9H2,1-5H3,(H,16,17)(H,18,19). The summed E-state index contributed by atoms with van der Waals surface area (Å²) < 4.78 is 10.9. The van der Waals surface area contributed by atoms with Gasteiger partial charge in [0, 0.05) is 18.4 Å². The van der Waals surface area contributed by atoms with Crippen LogP contribution in [0.4, 0.5) is 0 Å². The largest absolute Gasteiger partial charge is 0.479 e. The molecule has 1 saturated carbocycles. The van der Waals surface area contributed by atoms with Gasteiger partial charge in [-0.3, -0.25) is 4.79 Å². The molecule has 21 heavy (non-hydrogen) atoms. The van der Waals surface area contributed by atoms with E-state index >= 15 is 0 Å². The summed E-state index contributed by atoms with van der Waals surface area (Å²) in [4.78, 5) is 23.7. The number of carboxylic acid groups (broad SMARTS) is 1. The van der Waals surface area contributed by atoms with Gasteiger partial charge >= 0.3 is 5.97 Å². The third-order valence-electron chi connectivity index (χ3n) is 4.56. The van der Waals surface area contributed by atoms with Gasteiger partial charge in [-0.1, -0.05) is 20.8 Å². The lowest BCUT2D eigenvalue weighted by Gasteiger charge is -2.58. The maximum atomic E-state index is 12.0. The Labute approximate surface area is 126 Å². The van der Waals surface area contributed by atoms with E-state index in [0.29, 0.717) is 6.61 Å². The van der Waals surface area contributed by atoms with Crippen molar-refractivity contribution in [2.75, 3.05) is 13.2 Å². The summed E-state index contributed by atoms with van der Waals surface area (Å²) in [6, 6.07) is 0. The van der Waals surface area contributed by atoms with Gasteiger partial charge in [-0.25, -0.2) is 4.79 Å². The molecule has 0 bridgehead atoms. The Balaban J connectivity index is 2.72. The highest BCUT2D eigenvalue weighted by atomic mass is 16.5. The normalized spacial score (nSPS) is 28.5. The average Bonchev–Trinajstić information content (AvgIpc) is 2.42. The SMILES string of the molecule is CCOC1CC(NC(=O)COC(C)CC)(C(=O)O)C1(C)C. The zero-order valence-electron chi connectivity index (χ0n) is 13.6. The summed E-state index contributed by atoms with van der Waals surface area (Å²) in [5, 5.41) is 12.2. The van der Waals surface area contributed by atoms with Crippen LogP contribution in [0.25, 0.3) is 0 Å². The zero-order chi connectivity index (χ0) is 16.3. The number of hydrogen-bond acceptors (Lipinski definition) is 4. The smallest absolute Gasteiger partial charge is 0.330 e. The van der Waals surface area contributed by atoms with E-state index in [1.54, 1.807) is 13.8 Å². The molecule has 0 heterocycles.